The maximum Gasteiger partial charge on any atom is 0.414 e. The molecule has 0 spiro atoms. The van der Waals surface area contributed by atoms with Gasteiger partial charge in [-0.25, -0.2) is 14.8 Å². The zero-order chi connectivity index (χ0) is 12.8. The average molecular weight is 264 g/mol. The van der Waals surface area contributed by atoms with E-state index in [1.807, 2.05) is 30.3 Å². The van der Waals surface area contributed by atoms with E-state index in [-0.39, 0.29) is 17.7 Å². The van der Waals surface area contributed by atoms with Gasteiger partial charge in [0, 0.05) is 6.20 Å². The second-order valence-corrected chi connectivity index (χ2v) is 3.78. The van der Waals surface area contributed by atoms with Gasteiger partial charge in [0.05, 0.1) is 0 Å². The Morgan fingerprint density at radius 1 is 1.28 bits per heavy atom. The Balaban J connectivity index is 1.86. The first-order chi connectivity index (χ1) is 8.74. The Kier molecular flexibility index (Phi) is 4.09. The molecule has 1 aromatic carbocycles. The molecule has 2 rings (SSSR count). The molecule has 0 aliphatic rings. The van der Waals surface area contributed by atoms with Crippen molar-refractivity contribution in [2.45, 2.75) is 6.61 Å². The number of carbonyl (C=O) groups is 1. The fourth-order valence-corrected chi connectivity index (χ4v) is 1.38. The number of carbonyl (C=O) groups excluding carboxylic acids is 1. The van der Waals surface area contributed by atoms with Crippen molar-refractivity contribution in [3.8, 4) is 0 Å². The third kappa shape index (κ3) is 3.71. The second kappa shape index (κ2) is 5.97. The second-order valence-electron chi connectivity index (χ2n) is 3.39. The molecule has 6 heteroatoms. The number of rotatable bonds is 3. The van der Waals surface area contributed by atoms with Crippen LogP contribution >= 0.6 is 11.6 Å². The summed E-state index contributed by atoms with van der Waals surface area (Å²) in [5.74, 6) is 0.112. The highest BCUT2D eigenvalue weighted by Crippen LogP contribution is 2.06. The SMILES string of the molecule is O=C(Nc1nccc(Cl)n1)OCc1ccccc1. The minimum Gasteiger partial charge on any atom is -0.444 e. The summed E-state index contributed by atoms with van der Waals surface area (Å²) in [6.45, 7) is 0.188. The van der Waals surface area contributed by atoms with E-state index in [4.69, 9.17) is 16.3 Å². The maximum atomic E-state index is 11.4. The van der Waals surface area contributed by atoms with Gasteiger partial charge in [-0.1, -0.05) is 41.9 Å². The van der Waals surface area contributed by atoms with E-state index in [1.54, 1.807) is 0 Å². The summed E-state index contributed by atoms with van der Waals surface area (Å²) < 4.78 is 5.00. The van der Waals surface area contributed by atoms with E-state index >= 15 is 0 Å². The summed E-state index contributed by atoms with van der Waals surface area (Å²) in [7, 11) is 0. The van der Waals surface area contributed by atoms with Gasteiger partial charge < -0.3 is 4.74 Å². The van der Waals surface area contributed by atoms with Gasteiger partial charge in [-0.3, -0.25) is 5.32 Å². The van der Waals surface area contributed by atoms with Crippen LogP contribution in [0.15, 0.2) is 42.6 Å². The molecule has 0 fully saturated rings. The molecule has 1 aromatic heterocycles. The van der Waals surface area contributed by atoms with Crippen molar-refractivity contribution >= 4 is 23.6 Å². The van der Waals surface area contributed by atoms with E-state index in [9.17, 15) is 4.79 Å². The number of benzene rings is 1. The summed E-state index contributed by atoms with van der Waals surface area (Å²) >= 11 is 5.66. The molecule has 0 aliphatic carbocycles. The molecule has 2 aromatic rings. The zero-order valence-electron chi connectivity index (χ0n) is 9.34. The van der Waals surface area contributed by atoms with Crippen LogP contribution in [0.25, 0.3) is 0 Å². The predicted octanol–water partition coefficient (Wildman–Crippen LogP) is 2.88. The molecule has 0 saturated carbocycles. The zero-order valence-corrected chi connectivity index (χ0v) is 10.1. The highest BCUT2D eigenvalue weighted by molar-refractivity contribution is 6.29. The Morgan fingerprint density at radius 2 is 2.06 bits per heavy atom. The Hall–Kier alpha value is -2.14. The Bertz CT molecular complexity index is 534. The van der Waals surface area contributed by atoms with Crippen molar-refractivity contribution in [1.82, 2.24) is 9.97 Å². The van der Waals surface area contributed by atoms with Crippen LogP contribution in [0, 0.1) is 0 Å². The topological polar surface area (TPSA) is 64.1 Å². The van der Waals surface area contributed by atoms with Gasteiger partial charge in [0.1, 0.15) is 11.8 Å². The van der Waals surface area contributed by atoms with Crippen LogP contribution in [-0.2, 0) is 11.3 Å². The quantitative estimate of drug-likeness (QED) is 0.865. The monoisotopic (exact) mass is 263 g/mol. The molecule has 18 heavy (non-hydrogen) atoms. The van der Waals surface area contributed by atoms with E-state index < -0.39 is 6.09 Å². The molecule has 1 amide bonds. The molecule has 0 atom stereocenters. The summed E-state index contributed by atoms with van der Waals surface area (Å²) in [5.41, 5.74) is 0.902. The molecular formula is C12H10ClN3O2. The number of ether oxygens (including phenoxy) is 1. The van der Waals surface area contributed by atoms with Crippen molar-refractivity contribution in [2.24, 2.45) is 0 Å². The van der Waals surface area contributed by atoms with Gasteiger partial charge in [-0.15, -0.1) is 0 Å². The van der Waals surface area contributed by atoms with Gasteiger partial charge in [-0.05, 0) is 11.6 Å². The minimum atomic E-state index is -0.624. The van der Waals surface area contributed by atoms with Gasteiger partial charge in [-0.2, -0.15) is 0 Å². The molecule has 0 aliphatic heterocycles. The molecule has 5 nitrogen and oxygen atoms in total. The first-order valence-electron chi connectivity index (χ1n) is 5.20. The molecule has 1 heterocycles. The lowest BCUT2D eigenvalue weighted by molar-refractivity contribution is 0.155. The fraction of sp³-hybridized carbons (Fsp3) is 0.0833. The number of halogens is 1. The van der Waals surface area contributed by atoms with E-state index in [0.29, 0.717) is 0 Å². The van der Waals surface area contributed by atoms with Crippen LogP contribution in [0.5, 0.6) is 0 Å². The van der Waals surface area contributed by atoms with Gasteiger partial charge >= 0.3 is 6.09 Å². The van der Waals surface area contributed by atoms with Crippen LogP contribution in [0.2, 0.25) is 5.15 Å². The van der Waals surface area contributed by atoms with E-state index in [1.165, 1.54) is 12.3 Å². The van der Waals surface area contributed by atoms with E-state index in [2.05, 4.69) is 15.3 Å². The first-order valence-corrected chi connectivity index (χ1v) is 5.58. The number of nitrogens with zero attached hydrogens (tertiary/aromatic N) is 2. The smallest absolute Gasteiger partial charge is 0.414 e. The number of anilines is 1. The largest absolute Gasteiger partial charge is 0.444 e. The van der Waals surface area contributed by atoms with Crippen LogP contribution in [0.4, 0.5) is 10.7 Å². The summed E-state index contributed by atoms with van der Waals surface area (Å²) in [6, 6.07) is 10.9. The number of nitrogens with one attached hydrogen (secondary N) is 1. The van der Waals surface area contributed by atoms with Gasteiger partial charge in [0.25, 0.3) is 0 Å². The summed E-state index contributed by atoms with van der Waals surface area (Å²) in [6.07, 6.45) is 0.823. The van der Waals surface area contributed by atoms with Crippen molar-refractivity contribution in [3.63, 3.8) is 0 Å². The van der Waals surface area contributed by atoms with Gasteiger partial charge in [0.2, 0.25) is 5.95 Å². The fourth-order valence-electron chi connectivity index (χ4n) is 1.25. The van der Waals surface area contributed by atoms with Crippen molar-refractivity contribution in [1.29, 1.82) is 0 Å². The first kappa shape index (κ1) is 12.3. The van der Waals surface area contributed by atoms with Crippen LogP contribution in [-0.4, -0.2) is 16.1 Å². The van der Waals surface area contributed by atoms with Crippen molar-refractivity contribution < 1.29 is 9.53 Å². The lowest BCUT2D eigenvalue weighted by atomic mass is 10.2. The molecule has 0 bridgehead atoms. The molecule has 0 radical (unpaired) electrons. The predicted molar refractivity (Wildman–Crippen MR) is 67.3 cm³/mol. The van der Waals surface area contributed by atoms with Crippen LogP contribution < -0.4 is 5.32 Å². The third-order valence-electron chi connectivity index (χ3n) is 2.05. The Morgan fingerprint density at radius 3 is 2.78 bits per heavy atom. The number of amides is 1. The molecule has 1 N–H and O–H groups in total. The maximum absolute atomic E-state index is 11.4. The summed E-state index contributed by atoms with van der Waals surface area (Å²) in [4.78, 5) is 19.1. The lowest BCUT2D eigenvalue weighted by Crippen LogP contribution is -2.15. The highest BCUT2D eigenvalue weighted by Gasteiger charge is 2.05. The Labute approximate surface area is 109 Å². The lowest BCUT2D eigenvalue weighted by Gasteiger charge is -2.05. The summed E-state index contributed by atoms with van der Waals surface area (Å²) in [5, 5.41) is 2.64. The normalized spacial score (nSPS) is 9.83. The number of aromatic nitrogens is 2. The standard InChI is InChI=1S/C12H10ClN3O2/c13-10-6-7-14-11(15-10)16-12(17)18-8-9-4-2-1-3-5-9/h1-7H,8H2,(H,14,15,16,17). The highest BCUT2D eigenvalue weighted by atomic mass is 35.5. The number of hydrogen-bond donors (Lipinski definition) is 1. The average Bonchev–Trinajstić information content (AvgIpc) is 2.38. The molecular weight excluding hydrogens is 254 g/mol. The van der Waals surface area contributed by atoms with Crippen molar-refractivity contribution in [2.75, 3.05) is 5.32 Å². The van der Waals surface area contributed by atoms with Gasteiger partial charge in [0.15, 0.2) is 0 Å². The van der Waals surface area contributed by atoms with Crippen molar-refractivity contribution in [3.05, 3.63) is 53.3 Å². The van der Waals surface area contributed by atoms with Crippen LogP contribution in [0.1, 0.15) is 5.56 Å². The molecule has 0 saturated heterocycles. The minimum absolute atomic E-state index is 0.112. The third-order valence-corrected chi connectivity index (χ3v) is 2.26. The molecule has 92 valence electrons. The van der Waals surface area contributed by atoms with E-state index in [0.717, 1.165) is 5.56 Å². The molecule has 0 unspecified atom stereocenters. The van der Waals surface area contributed by atoms with Crippen LogP contribution in [0.3, 0.4) is 0 Å². The number of hydrogen-bond acceptors (Lipinski definition) is 4.